The number of rotatable bonds is 3. The second kappa shape index (κ2) is 7.50. The third kappa shape index (κ3) is 3.57. The Balaban J connectivity index is 1.70. The summed E-state index contributed by atoms with van der Waals surface area (Å²) in [6.45, 7) is 2.59. The molecule has 3 aliphatic rings. The molecular formula is C18H28O5. The molecule has 0 radical (unpaired) electrons. The van der Waals surface area contributed by atoms with E-state index in [9.17, 15) is 5.11 Å². The van der Waals surface area contributed by atoms with Crippen LogP contribution in [0.15, 0.2) is 0 Å². The zero-order valence-electron chi connectivity index (χ0n) is 14.1. The molecule has 2 aliphatic heterocycles. The fourth-order valence-electron chi connectivity index (χ4n) is 3.77. The van der Waals surface area contributed by atoms with Crippen LogP contribution in [-0.2, 0) is 18.9 Å². The maximum Gasteiger partial charge on any atom is 0.184 e. The number of unbranched alkanes of at least 4 members (excludes halogenated alkanes) is 1. The lowest BCUT2D eigenvalue weighted by Gasteiger charge is -2.32. The Bertz CT molecular complexity index is 448. The summed E-state index contributed by atoms with van der Waals surface area (Å²) in [4.78, 5) is 0. The van der Waals surface area contributed by atoms with Gasteiger partial charge in [0.15, 0.2) is 12.1 Å². The van der Waals surface area contributed by atoms with Gasteiger partial charge in [-0.3, -0.25) is 0 Å². The number of hydrogen-bond acceptors (Lipinski definition) is 5. The highest BCUT2D eigenvalue weighted by Gasteiger charge is 2.52. The summed E-state index contributed by atoms with van der Waals surface area (Å²) in [7, 11) is 1.54. The molecule has 1 N–H and O–H groups in total. The van der Waals surface area contributed by atoms with E-state index in [1.165, 1.54) is 6.42 Å². The maximum absolute atomic E-state index is 10.4. The van der Waals surface area contributed by atoms with Gasteiger partial charge in [0.2, 0.25) is 0 Å². The number of methoxy groups -OCH3 is 1. The molecule has 0 aromatic rings. The quantitative estimate of drug-likeness (QED) is 0.807. The summed E-state index contributed by atoms with van der Waals surface area (Å²) < 4.78 is 23.4. The van der Waals surface area contributed by atoms with Crippen molar-refractivity contribution < 1.29 is 24.1 Å². The second-order valence-corrected chi connectivity index (χ2v) is 6.73. The van der Waals surface area contributed by atoms with E-state index in [1.807, 2.05) is 0 Å². The molecule has 5 nitrogen and oxygen atoms in total. The van der Waals surface area contributed by atoms with Crippen LogP contribution < -0.4 is 0 Å². The van der Waals surface area contributed by atoms with Gasteiger partial charge >= 0.3 is 0 Å². The molecule has 0 unspecified atom stereocenters. The zero-order chi connectivity index (χ0) is 16.3. The van der Waals surface area contributed by atoms with E-state index < -0.39 is 18.2 Å². The summed E-state index contributed by atoms with van der Waals surface area (Å²) in [5, 5.41) is 10.4. The molecular weight excluding hydrogens is 296 g/mol. The summed E-state index contributed by atoms with van der Waals surface area (Å²) in [5.74, 6) is 5.58. The van der Waals surface area contributed by atoms with Crippen LogP contribution in [-0.4, -0.2) is 49.2 Å². The van der Waals surface area contributed by atoms with Gasteiger partial charge in [0.25, 0.3) is 0 Å². The normalized spacial score (nSPS) is 39.3. The lowest BCUT2D eigenvalue weighted by molar-refractivity contribution is -0.209. The van der Waals surface area contributed by atoms with Crippen molar-refractivity contribution in [3.63, 3.8) is 0 Å². The van der Waals surface area contributed by atoms with E-state index >= 15 is 0 Å². The average molecular weight is 324 g/mol. The van der Waals surface area contributed by atoms with E-state index in [-0.39, 0.29) is 18.1 Å². The first-order chi connectivity index (χ1) is 11.2. The monoisotopic (exact) mass is 324 g/mol. The lowest BCUT2D eigenvalue weighted by Crippen LogP contribution is -2.38. The minimum atomic E-state index is -0.749. The summed E-state index contributed by atoms with van der Waals surface area (Å²) >= 11 is 0. The average Bonchev–Trinajstić information content (AvgIpc) is 3.11. The number of aliphatic hydroxyl groups excluding tert-OH is 1. The molecule has 0 aromatic heterocycles. The molecule has 3 fully saturated rings. The zero-order valence-corrected chi connectivity index (χ0v) is 14.1. The van der Waals surface area contributed by atoms with Crippen LogP contribution in [0, 0.1) is 17.8 Å². The first-order valence-electron chi connectivity index (χ1n) is 8.85. The van der Waals surface area contributed by atoms with Crippen molar-refractivity contribution in [3.05, 3.63) is 0 Å². The van der Waals surface area contributed by atoms with Crippen LogP contribution in [0.2, 0.25) is 0 Å². The van der Waals surface area contributed by atoms with Crippen LogP contribution in [0.25, 0.3) is 0 Å². The summed E-state index contributed by atoms with van der Waals surface area (Å²) in [6.07, 6.45) is 5.34. The smallest absolute Gasteiger partial charge is 0.184 e. The number of hydrogen-bond donors (Lipinski definition) is 1. The highest BCUT2D eigenvalue weighted by atomic mass is 16.8. The van der Waals surface area contributed by atoms with Crippen LogP contribution >= 0.6 is 0 Å². The van der Waals surface area contributed by atoms with Gasteiger partial charge < -0.3 is 24.1 Å². The van der Waals surface area contributed by atoms with E-state index in [2.05, 4.69) is 18.8 Å². The highest BCUT2D eigenvalue weighted by molar-refractivity contribution is 5.13. The molecule has 2 saturated heterocycles. The summed E-state index contributed by atoms with van der Waals surface area (Å²) in [6, 6.07) is 0. The Hall–Kier alpha value is -0.640. The van der Waals surface area contributed by atoms with Crippen molar-refractivity contribution >= 4 is 0 Å². The Kier molecular flexibility index (Phi) is 5.61. The van der Waals surface area contributed by atoms with Crippen molar-refractivity contribution in [1.82, 2.24) is 0 Å². The largest absolute Gasteiger partial charge is 0.386 e. The molecule has 5 atom stereocenters. The standard InChI is InChI=1S/C18H28O5/c1-3-4-6-9-13-15(19)17(20-2)22-16(13)14-12-21-18(23-14)10-7-5-8-11-18/h13-17,19H,3-5,7-8,10-12H2,1-2H3/t13-,14-,15-,16+,17+/m1/s1. The predicted molar refractivity (Wildman–Crippen MR) is 84.5 cm³/mol. The van der Waals surface area contributed by atoms with Gasteiger partial charge in [0, 0.05) is 26.4 Å². The van der Waals surface area contributed by atoms with Crippen LogP contribution in [0.5, 0.6) is 0 Å². The minimum absolute atomic E-state index is 0.191. The molecule has 130 valence electrons. The molecule has 1 spiro atoms. The fourth-order valence-corrected chi connectivity index (χ4v) is 3.77. The highest BCUT2D eigenvalue weighted by Crippen LogP contribution is 2.41. The van der Waals surface area contributed by atoms with E-state index in [0.29, 0.717) is 6.61 Å². The van der Waals surface area contributed by atoms with Crippen molar-refractivity contribution in [3.8, 4) is 11.8 Å². The molecule has 23 heavy (non-hydrogen) atoms. The van der Waals surface area contributed by atoms with Crippen LogP contribution in [0.3, 0.4) is 0 Å². The van der Waals surface area contributed by atoms with Gasteiger partial charge in [0.05, 0.1) is 12.5 Å². The molecule has 3 rings (SSSR count). The van der Waals surface area contributed by atoms with Crippen molar-refractivity contribution in [2.45, 2.75) is 82.3 Å². The SMILES string of the molecule is CCCC#C[C@@H]1[C@@H](O)[C@@H](OC)O[C@@H]1[C@H]1COC2(CCCCC2)O1. The predicted octanol–water partition coefficient (Wildman–Crippen LogP) is 2.21. The maximum atomic E-state index is 10.4. The van der Waals surface area contributed by atoms with Crippen LogP contribution in [0.1, 0.15) is 51.9 Å². The third-order valence-corrected chi connectivity index (χ3v) is 5.03. The van der Waals surface area contributed by atoms with Gasteiger partial charge in [-0.1, -0.05) is 19.3 Å². The molecule has 0 amide bonds. The molecule has 0 bridgehead atoms. The molecule has 2 heterocycles. The Labute approximate surface area is 138 Å². The minimum Gasteiger partial charge on any atom is -0.386 e. The topological polar surface area (TPSA) is 57.2 Å². The van der Waals surface area contributed by atoms with Gasteiger partial charge in [-0.05, 0) is 19.3 Å². The molecule has 0 aromatic carbocycles. The molecule has 1 saturated carbocycles. The molecule has 5 heteroatoms. The summed E-state index contributed by atoms with van der Waals surface area (Å²) in [5.41, 5.74) is 0. The van der Waals surface area contributed by atoms with Crippen LogP contribution in [0.4, 0.5) is 0 Å². The van der Waals surface area contributed by atoms with Gasteiger partial charge in [0.1, 0.15) is 18.3 Å². The number of ether oxygens (including phenoxy) is 4. The first kappa shape index (κ1) is 17.2. The fraction of sp³-hybridized carbons (Fsp3) is 0.889. The lowest BCUT2D eigenvalue weighted by atomic mass is 9.93. The van der Waals surface area contributed by atoms with Crippen molar-refractivity contribution in [2.24, 2.45) is 5.92 Å². The van der Waals surface area contributed by atoms with Gasteiger partial charge in [-0.2, -0.15) is 0 Å². The Morgan fingerprint density at radius 3 is 2.74 bits per heavy atom. The van der Waals surface area contributed by atoms with E-state index in [1.54, 1.807) is 7.11 Å². The van der Waals surface area contributed by atoms with E-state index in [4.69, 9.17) is 18.9 Å². The first-order valence-corrected chi connectivity index (χ1v) is 8.85. The number of aliphatic hydroxyl groups is 1. The van der Waals surface area contributed by atoms with Gasteiger partial charge in [-0.15, -0.1) is 5.92 Å². The third-order valence-electron chi connectivity index (χ3n) is 5.03. The second-order valence-electron chi connectivity index (χ2n) is 6.73. The Morgan fingerprint density at radius 1 is 1.26 bits per heavy atom. The van der Waals surface area contributed by atoms with Crippen molar-refractivity contribution in [2.75, 3.05) is 13.7 Å². The molecule has 1 aliphatic carbocycles. The van der Waals surface area contributed by atoms with Gasteiger partial charge in [-0.25, -0.2) is 0 Å². The Morgan fingerprint density at radius 2 is 2.04 bits per heavy atom. The van der Waals surface area contributed by atoms with Crippen molar-refractivity contribution in [1.29, 1.82) is 0 Å². The van der Waals surface area contributed by atoms with E-state index in [0.717, 1.165) is 38.5 Å².